The van der Waals surface area contributed by atoms with Crippen LogP contribution in [0.5, 0.6) is 11.5 Å². The maximum absolute atomic E-state index is 13.3. The van der Waals surface area contributed by atoms with Gasteiger partial charge in [0.2, 0.25) is 5.91 Å². The van der Waals surface area contributed by atoms with Gasteiger partial charge in [-0.25, -0.2) is 0 Å². The van der Waals surface area contributed by atoms with Gasteiger partial charge in [0.15, 0.2) is 0 Å². The first-order valence-corrected chi connectivity index (χ1v) is 14.4. The lowest BCUT2D eigenvalue weighted by Gasteiger charge is -2.46. The molecule has 2 aliphatic heterocycles. The van der Waals surface area contributed by atoms with Gasteiger partial charge in [0.1, 0.15) is 11.5 Å². The van der Waals surface area contributed by atoms with Crippen molar-refractivity contribution in [2.75, 3.05) is 58.1 Å². The van der Waals surface area contributed by atoms with Crippen molar-refractivity contribution < 1.29 is 14.3 Å². The van der Waals surface area contributed by atoms with Crippen LogP contribution in [-0.4, -0.2) is 68.7 Å². The SMILES string of the molecule is C=C(CN1CCC2(CC1)/C(=C/[C@@H](C)c1c(CC)cc(OC)cc1OC)CC(=O)N2CC)N(C)c1ccccc1N. The number of carbonyl (C=O) groups is 1. The van der Waals surface area contributed by atoms with Gasteiger partial charge < -0.3 is 25.0 Å². The number of aryl methyl sites for hydroxylation is 1. The summed E-state index contributed by atoms with van der Waals surface area (Å²) in [5, 5.41) is 0. The summed E-state index contributed by atoms with van der Waals surface area (Å²) in [4.78, 5) is 19.9. The number of methoxy groups -OCH3 is 2. The predicted molar refractivity (Wildman–Crippen MR) is 164 cm³/mol. The zero-order valence-electron chi connectivity index (χ0n) is 25.1. The molecule has 1 spiro atoms. The number of carbonyl (C=O) groups excluding carboxylic acids is 1. The minimum atomic E-state index is -0.236. The van der Waals surface area contributed by atoms with Crippen LogP contribution in [0.2, 0.25) is 0 Å². The Morgan fingerprint density at radius 3 is 2.48 bits per heavy atom. The highest BCUT2D eigenvalue weighted by Gasteiger charge is 2.49. The van der Waals surface area contributed by atoms with E-state index in [-0.39, 0.29) is 17.4 Å². The van der Waals surface area contributed by atoms with E-state index in [1.165, 1.54) is 16.7 Å². The van der Waals surface area contributed by atoms with E-state index in [0.717, 1.165) is 74.0 Å². The fraction of sp³-hybridized carbons (Fsp3) is 0.485. The lowest BCUT2D eigenvalue weighted by atomic mass is 9.78. The Kier molecular flexibility index (Phi) is 9.14. The van der Waals surface area contributed by atoms with Crippen molar-refractivity contribution in [1.29, 1.82) is 0 Å². The summed E-state index contributed by atoms with van der Waals surface area (Å²) in [5.41, 5.74) is 12.3. The number of nitrogens with zero attached hydrogens (tertiary/aromatic N) is 3. The zero-order valence-corrected chi connectivity index (χ0v) is 25.1. The first kappa shape index (κ1) is 29.5. The lowest BCUT2D eigenvalue weighted by molar-refractivity contribution is -0.132. The van der Waals surface area contributed by atoms with Crippen molar-refractivity contribution in [2.45, 2.75) is 57.9 Å². The fourth-order valence-electron chi connectivity index (χ4n) is 6.67. The summed E-state index contributed by atoms with van der Waals surface area (Å²) in [6.45, 7) is 14.1. The molecule has 2 fully saturated rings. The van der Waals surface area contributed by atoms with Gasteiger partial charge in [0, 0.05) is 56.5 Å². The molecule has 2 heterocycles. The van der Waals surface area contributed by atoms with Crippen LogP contribution in [0, 0.1) is 0 Å². The second-order valence-corrected chi connectivity index (χ2v) is 11.0. The quantitative estimate of drug-likeness (QED) is 0.308. The molecule has 2 aromatic rings. The van der Waals surface area contributed by atoms with Crippen LogP contribution in [0.1, 0.15) is 57.1 Å². The number of ether oxygens (including phenoxy) is 2. The molecule has 2 saturated heterocycles. The Morgan fingerprint density at radius 1 is 1.18 bits per heavy atom. The van der Waals surface area contributed by atoms with Crippen LogP contribution in [0.25, 0.3) is 0 Å². The van der Waals surface area contributed by atoms with Gasteiger partial charge in [-0.3, -0.25) is 9.69 Å². The molecule has 216 valence electrons. The van der Waals surface area contributed by atoms with Gasteiger partial charge in [-0.05, 0) is 55.5 Å². The van der Waals surface area contributed by atoms with E-state index in [0.29, 0.717) is 6.42 Å². The monoisotopic (exact) mass is 546 g/mol. The first-order chi connectivity index (χ1) is 19.2. The van der Waals surface area contributed by atoms with E-state index in [9.17, 15) is 4.79 Å². The van der Waals surface area contributed by atoms with Crippen LogP contribution in [0.3, 0.4) is 0 Å². The molecule has 40 heavy (non-hydrogen) atoms. The number of hydrogen-bond acceptors (Lipinski definition) is 6. The van der Waals surface area contributed by atoms with E-state index < -0.39 is 0 Å². The van der Waals surface area contributed by atoms with E-state index in [1.54, 1.807) is 14.2 Å². The molecule has 4 rings (SSSR count). The summed E-state index contributed by atoms with van der Waals surface area (Å²) < 4.78 is 11.3. The second-order valence-electron chi connectivity index (χ2n) is 11.0. The Morgan fingerprint density at radius 2 is 1.88 bits per heavy atom. The molecule has 0 bridgehead atoms. The fourth-order valence-corrected chi connectivity index (χ4v) is 6.67. The van der Waals surface area contributed by atoms with Crippen LogP contribution in [-0.2, 0) is 11.2 Å². The Balaban J connectivity index is 1.56. The maximum Gasteiger partial charge on any atom is 0.227 e. The van der Waals surface area contributed by atoms with Crippen LogP contribution in [0.15, 0.2) is 60.3 Å². The van der Waals surface area contributed by atoms with E-state index >= 15 is 0 Å². The number of anilines is 2. The highest BCUT2D eigenvalue weighted by atomic mass is 16.5. The number of rotatable bonds is 10. The smallest absolute Gasteiger partial charge is 0.227 e. The summed E-state index contributed by atoms with van der Waals surface area (Å²) >= 11 is 0. The van der Waals surface area contributed by atoms with Gasteiger partial charge in [-0.15, -0.1) is 0 Å². The highest BCUT2D eigenvalue weighted by Crippen LogP contribution is 2.45. The van der Waals surface area contributed by atoms with Crippen LogP contribution in [0.4, 0.5) is 11.4 Å². The maximum atomic E-state index is 13.3. The van der Waals surface area contributed by atoms with E-state index in [2.05, 4.69) is 54.2 Å². The Hall–Kier alpha value is -3.45. The third-order valence-corrected chi connectivity index (χ3v) is 8.88. The third-order valence-electron chi connectivity index (χ3n) is 8.88. The number of hydrogen-bond donors (Lipinski definition) is 1. The van der Waals surface area contributed by atoms with Gasteiger partial charge in [0.05, 0.1) is 37.6 Å². The minimum Gasteiger partial charge on any atom is -0.497 e. The number of likely N-dealkylation sites (tertiary alicyclic amines) is 2. The highest BCUT2D eigenvalue weighted by molar-refractivity contribution is 5.85. The average Bonchev–Trinajstić information content (AvgIpc) is 3.21. The summed E-state index contributed by atoms with van der Waals surface area (Å²) in [7, 11) is 5.42. The van der Waals surface area contributed by atoms with Gasteiger partial charge >= 0.3 is 0 Å². The molecule has 1 atom stereocenters. The molecule has 1 amide bonds. The standard InChI is InChI=1S/C33H46N4O3/c1-8-25-19-27(39-6)21-30(40-7)32(25)23(3)18-26-20-31(38)37(9-2)33(26)14-16-36(17-15-33)22-24(4)35(5)29-13-11-10-12-28(29)34/h10-13,18-19,21,23H,4,8-9,14-17,20,22,34H2,1-3,5-7H3/b26-18+/t23-/m1/s1. The summed E-state index contributed by atoms with van der Waals surface area (Å²) in [6, 6.07) is 11.9. The van der Waals surface area contributed by atoms with Crippen molar-refractivity contribution in [3.05, 3.63) is 71.5 Å². The molecule has 0 unspecified atom stereocenters. The van der Waals surface area contributed by atoms with E-state index in [4.69, 9.17) is 15.2 Å². The normalized spacial score (nSPS) is 18.8. The first-order valence-electron chi connectivity index (χ1n) is 14.4. The van der Waals surface area contributed by atoms with Crippen molar-refractivity contribution in [2.24, 2.45) is 0 Å². The average molecular weight is 547 g/mol. The van der Waals surface area contributed by atoms with Crippen molar-refractivity contribution in [3.63, 3.8) is 0 Å². The Bertz CT molecular complexity index is 1240. The molecule has 2 aromatic carbocycles. The summed E-state index contributed by atoms with van der Waals surface area (Å²) in [5.74, 6) is 1.98. The number of para-hydroxylation sites is 2. The van der Waals surface area contributed by atoms with Gasteiger partial charge in [-0.2, -0.15) is 0 Å². The van der Waals surface area contributed by atoms with Crippen LogP contribution < -0.4 is 20.1 Å². The topological polar surface area (TPSA) is 71.3 Å². The molecular weight excluding hydrogens is 500 g/mol. The molecule has 7 heteroatoms. The molecule has 2 N–H and O–H groups in total. The second kappa shape index (κ2) is 12.4. The number of likely N-dealkylation sites (N-methyl/N-ethyl adjacent to an activating group) is 2. The zero-order chi connectivity index (χ0) is 29.0. The number of benzene rings is 2. The van der Waals surface area contributed by atoms with Crippen molar-refractivity contribution >= 4 is 17.3 Å². The molecule has 0 saturated carbocycles. The molecular formula is C33H46N4O3. The van der Waals surface area contributed by atoms with E-state index in [1.807, 2.05) is 37.4 Å². The van der Waals surface area contributed by atoms with Crippen molar-refractivity contribution in [1.82, 2.24) is 9.80 Å². The third kappa shape index (κ3) is 5.57. The number of allylic oxidation sites excluding steroid dienone is 1. The number of amides is 1. The molecule has 0 aromatic heterocycles. The number of nitrogens with two attached hydrogens (primary N) is 1. The van der Waals surface area contributed by atoms with Gasteiger partial charge in [-0.1, -0.05) is 38.6 Å². The van der Waals surface area contributed by atoms with Crippen molar-refractivity contribution in [3.8, 4) is 11.5 Å². The number of piperidine rings is 1. The predicted octanol–water partition coefficient (Wildman–Crippen LogP) is 5.62. The molecule has 2 aliphatic rings. The molecule has 7 nitrogen and oxygen atoms in total. The molecule has 0 aliphatic carbocycles. The van der Waals surface area contributed by atoms with Gasteiger partial charge in [0.25, 0.3) is 0 Å². The van der Waals surface area contributed by atoms with Crippen LogP contribution >= 0.6 is 0 Å². The molecule has 0 radical (unpaired) electrons. The number of nitrogen functional groups attached to an aromatic ring is 1. The summed E-state index contributed by atoms with van der Waals surface area (Å²) in [6.07, 6.45) is 5.54. The minimum absolute atomic E-state index is 0.107. The Labute approximate surface area is 240 Å². The lowest BCUT2D eigenvalue weighted by Crippen LogP contribution is -2.54. The largest absolute Gasteiger partial charge is 0.497 e.